The number of rotatable bonds is 12. The summed E-state index contributed by atoms with van der Waals surface area (Å²) in [4.78, 5) is 45.6. The Morgan fingerprint density at radius 2 is 1.95 bits per heavy atom. The third-order valence-corrected chi connectivity index (χ3v) is 9.20. The van der Waals surface area contributed by atoms with Gasteiger partial charge in [-0.05, 0) is 56.4 Å². The zero-order valence-corrected chi connectivity index (χ0v) is 23.7. The van der Waals surface area contributed by atoms with Gasteiger partial charge < -0.3 is 29.1 Å². The lowest BCUT2D eigenvalue weighted by molar-refractivity contribution is -0.162. The lowest BCUT2D eigenvalue weighted by Gasteiger charge is -2.41. The van der Waals surface area contributed by atoms with Crippen LogP contribution in [0.5, 0.6) is 5.75 Å². The van der Waals surface area contributed by atoms with Gasteiger partial charge in [-0.1, -0.05) is 33.3 Å². The van der Waals surface area contributed by atoms with Crippen LogP contribution < -0.4 is 9.64 Å². The van der Waals surface area contributed by atoms with E-state index in [-0.39, 0.29) is 37.5 Å². The summed E-state index contributed by atoms with van der Waals surface area (Å²) in [6.45, 7) is 11.6. The number of esters is 1. The third kappa shape index (κ3) is 4.43. The van der Waals surface area contributed by atoms with Gasteiger partial charge in [0.05, 0.1) is 37.9 Å². The highest BCUT2D eigenvalue weighted by molar-refractivity contribution is 6.05. The van der Waals surface area contributed by atoms with Crippen LogP contribution in [0.4, 0.5) is 5.69 Å². The molecule has 4 rings (SSSR count). The van der Waals surface area contributed by atoms with Crippen molar-refractivity contribution in [3.05, 3.63) is 36.9 Å². The molecule has 3 aliphatic heterocycles. The molecule has 3 saturated heterocycles. The van der Waals surface area contributed by atoms with Gasteiger partial charge >= 0.3 is 5.97 Å². The molecular weight excluding hydrogens is 500 g/mol. The van der Waals surface area contributed by atoms with Gasteiger partial charge in [-0.3, -0.25) is 14.4 Å². The summed E-state index contributed by atoms with van der Waals surface area (Å²) in [6.07, 6.45) is 3.86. The molecule has 1 spiro atoms. The quantitative estimate of drug-likeness (QED) is 0.319. The smallest absolute Gasteiger partial charge is 0.312 e. The van der Waals surface area contributed by atoms with Crippen LogP contribution >= 0.6 is 0 Å². The van der Waals surface area contributed by atoms with E-state index in [0.29, 0.717) is 37.1 Å². The number of methoxy groups -OCH3 is 1. The maximum Gasteiger partial charge on any atom is 0.312 e. The highest BCUT2D eigenvalue weighted by atomic mass is 16.6. The van der Waals surface area contributed by atoms with E-state index in [1.807, 2.05) is 20.8 Å². The number of carbonyl (C=O) groups is 3. The van der Waals surface area contributed by atoms with Crippen LogP contribution in [0.25, 0.3) is 0 Å². The number of hydrogen-bond acceptors (Lipinski definition) is 7. The lowest BCUT2D eigenvalue weighted by atomic mass is 9.65. The molecule has 0 saturated carbocycles. The van der Waals surface area contributed by atoms with Gasteiger partial charge in [0.25, 0.3) is 5.91 Å². The maximum atomic E-state index is 14.7. The number of carbonyl (C=O) groups excluding carboxylic acids is 3. The van der Waals surface area contributed by atoms with Gasteiger partial charge in [0.2, 0.25) is 5.91 Å². The summed E-state index contributed by atoms with van der Waals surface area (Å²) in [7, 11) is 1.57. The predicted molar refractivity (Wildman–Crippen MR) is 146 cm³/mol. The molecule has 7 atom stereocenters. The minimum Gasteiger partial charge on any atom is -0.497 e. The number of anilines is 1. The van der Waals surface area contributed by atoms with Crippen LogP contribution in [0.1, 0.15) is 53.4 Å². The number of nitrogens with zero attached hydrogens (tertiary/aromatic N) is 2. The average Bonchev–Trinajstić information content (AvgIpc) is 3.56. The standard InChI is InChI=1S/C30H42N2O7/c1-7-17-31(20-11-13-21(37-6)14-12-20)27(35)25-30-16-15-29(9-3,39-30)24(28(36)38-10-4)23(30)26(34)32(25)22(18-33)19(5)8-2/h7,11-14,19,22-25,33H,1,8-10,15-18H2,2-6H3/t19-,22-,23-,24+,25?,29-,30?/m0/s1. The molecule has 9 nitrogen and oxygen atoms in total. The van der Waals surface area contributed by atoms with Crippen LogP contribution in [-0.2, 0) is 23.9 Å². The molecule has 2 bridgehead atoms. The molecule has 2 amide bonds. The van der Waals surface area contributed by atoms with Crippen LogP contribution in [0, 0.1) is 17.8 Å². The number of aliphatic hydroxyl groups excluding tert-OH is 1. The van der Waals surface area contributed by atoms with Crippen molar-refractivity contribution < 1.29 is 33.7 Å². The van der Waals surface area contributed by atoms with E-state index in [9.17, 15) is 19.5 Å². The van der Waals surface area contributed by atoms with E-state index >= 15 is 0 Å². The van der Waals surface area contributed by atoms with E-state index in [1.165, 1.54) is 4.90 Å². The van der Waals surface area contributed by atoms with Gasteiger partial charge in [-0.25, -0.2) is 0 Å². The summed E-state index contributed by atoms with van der Waals surface area (Å²) in [5, 5.41) is 10.5. The van der Waals surface area contributed by atoms with Crippen LogP contribution in [0.2, 0.25) is 0 Å². The Balaban J connectivity index is 1.87. The van der Waals surface area contributed by atoms with Crippen molar-refractivity contribution in [2.75, 3.05) is 31.8 Å². The van der Waals surface area contributed by atoms with Crippen LogP contribution in [0.15, 0.2) is 36.9 Å². The fraction of sp³-hybridized carbons (Fsp3) is 0.633. The van der Waals surface area contributed by atoms with Crippen molar-refractivity contribution in [3.8, 4) is 5.75 Å². The van der Waals surface area contributed by atoms with Crippen molar-refractivity contribution in [2.45, 2.75) is 76.7 Å². The summed E-state index contributed by atoms with van der Waals surface area (Å²) in [5.41, 5.74) is -1.45. The first-order chi connectivity index (χ1) is 18.7. The zero-order valence-electron chi connectivity index (χ0n) is 23.7. The molecule has 1 N–H and O–H groups in total. The SMILES string of the molecule is C=CCN(C(=O)C1N([C@@H](CO)[C@@H](C)CC)C(=O)[C@@H]2[C@H](C(=O)OCC)[C@]3(CC)CCC12O3)c1ccc(OC)cc1. The fourth-order valence-electron chi connectivity index (χ4n) is 7.06. The average molecular weight is 543 g/mol. The number of amides is 2. The van der Waals surface area contributed by atoms with Gasteiger partial charge in [0.15, 0.2) is 0 Å². The highest BCUT2D eigenvalue weighted by Gasteiger charge is 2.79. The first-order valence-corrected chi connectivity index (χ1v) is 14.1. The Kier molecular flexibility index (Phi) is 8.42. The van der Waals surface area contributed by atoms with E-state index in [0.717, 1.165) is 0 Å². The van der Waals surface area contributed by atoms with Crippen molar-refractivity contribution in [1.82, 2.24) is 4.90 Å². The molecule has 1 aromatic rings. The molecule has 0 aromatic heterocycles. The first-order valence-electron chi connectivity index (χ1n) is 14.1. The van der Waals surface area contributed by atoms with Crippen molar-refractivity contribution in [1.29, 1.82) is 0 Å². The minimum absolute atomic E-state index is 0.0864. The fourth-order valence-corrected chi connectivity index (χ4v) is 7.06. The van der Waals surface area contributed by atoms with Crippen LogP contribution in [0.3, 0.4) is 0 Å². The second-order valence-corrected chi connectivity index (χ2v) is 10.9. The van der Waals surface area contributed by atoms with Gasteiger partial charge in [0.1, 0.15) is 23.3 Å². The van der Waals surface area contributed by atoms with Crippen molar-refractivity contribution in [3.63, 3.8) is 0 Å². The molecule has 2 unspecified atom stereocenters. The normalized spacial score (nSPS) is 30.6. The second-order valence-electron chi connectivity index (χ2n) is 10.9. The topological polar surface area (TPSA) is 106 Å². The van der Waals surface area contributed by atoms with E-state index in [4.69, 9.17) is 14.2 Å². The van der Waals surface area contributed by atoms with Crippen LogP contribution in [-0.4, -0.2) is 77.9 Å². The van der Waals surface area contributed by atoms with E-state index in [2.05, 4.69) is 6.58 Å². The maximum absolute atomic E-state index is 14.7. The summed E-state index contributed by atoms with van der Waals surface area (Å²) in [6, 6.07) is 5.49. The lowest BCUT2D eigenvalue weighted by Crippen LogP contribution is -2.60. The number of aliphatic hydroxyl groups is 1. The predicted octanol–water partition coefficient (Wildman–Crippen LogP) is 3.34. The summed E-state index contributed by atoms with van der Waals surface area (Å²) >= 11 is 0. The Labute approximate surface area is 231 Å². The van der Waals surface area contributed by atoms with Gasteiger partial charge in [-0.15, -0.1) is 6.58 Å². The highest BCUT2D eigenvalue weighted by Crippen LogP contribution is 2.65. The Bertz CT molecular complexity index is 1090. The van der Waals surface area contributed by atoms with Crippen molar-refractivity contribution >= 4 is 23.5 Å². The number of hydrogen-bond donors (Lipinski definition) is 1. The Hall–Kier alpha value is -2.91. The summed E-state index contributed by atoms with van der Waals surface area (Å²) < 4.78 is 17.6. The molecule has 3 aliphatic rings. The number of fused-ring (bicyclic) bond motifs is 1. The number of ether oxygens (including phenoxy) is 3. The second kappa shape index (κ2) is 11.3. The molecule has 0 aliphatic carbocycles. The van der Waals surface area contributed by atoms with Gasteiger partial charge in [0, 0.05) is 12.2 Å². The first kappa shape index (κ1) is 29.1. The molecule has 9 heteroatoms. The molecule has 0 radical (unpaired) electrons. The van der Waals surface area contributed by atoms with Crippen molar-refractivity contribution in [2.24, 2.45) is 17.8 Å². The molecule has 3 fully saturated rings. The Morgan fingerprint density at radius 1 is 1.26 bits per heavy atom. The van der Waals surface area contributed by atoms with E-state index in [1.54, 1.807) is 49.3 Å². The number of likely N-dealkylation sites (tertiary alicyclic amines) is 1. The van der Waals surface area contributed by atoms with E-state index < -0.39 is 41.1 Å². The molecular formula is C30H42N2O7. The van der Waals surface area contributed by atoms with Gasteiger partial charge in [-0.2, -0.15) is 0 Å². The molecule has 1 aromatic carbocycles. The third-order valence-electron chi connectivity index (χ3n) is 9.20. The number of benzene rings is 1. The summed E-state index contributed by atoms with van der Waals surface area (Å²) in [5.74, 6) is -2.22. The minimum atomic E-state index is -1.20. The largest absolute Gasteiger partial charge is 0.497 e. The Morgan fingerprint density at radius 3 is 2.49 bits per heavy atom. The zero-order chi connectivity index (χ0) is 28.5. The molecule has 214 valence electrons. The monoisotopic (exact) mass is 542 g/mol. The molecule has 39 heavy (non-hydrogen) atoms. The molecule has 3 heterocycles.